The third kappa shape index (κ3) is 5.70. The second kappa shape index (κ2) is 9.27. The normalized spacial score (nSPS) is 12.7. The molecule has 0 aliphatic rings. The van der Waals surface area contributed by atoms with Crippen molar-refractivity contribution in [3.63, 3.8) is 0 Å². The predicted molar refractivity (Wildman–Crippen MR) is 98.3 cm³/mol. The van der Waals surface area contributed by atoms with E-state index in [-0.39, 0.29) is 18.3 Å². The molecule has 0 saturated carbocycles. The van der Waals surface area contributed by atoms with E-state index in [2.05, 4.69) is 23.5 Å². The molecule has 4 N–H and O–H groups in total. The van der Waals surface area contributed by atoms with Crippen molar-refractivity contribution in [3.8, 4) is 0 Å². The van der Waals surface area contributed by atoms with Crippen molar-refractivity contribution >= 4 is 11.6 Å². The molecule has 0 aliphatic carbocycles. The number of aliphatic imine (C=N–C) groups is 1. The molecule has 0 bridgehead atoms. The number of aliphatic hydroxyl groups excluding tert-OH is 1. The summed E-state index contributed by atoms with van der Waals surface area (Å²) in [6.07, 6.45) is 5.16. The minimum Gasteiger partial charge on any atom is -0.399 e. The first-order valence-electron chi connectivity index (χ1n) is 7.40. The fourth-order valence-corrected chi connectivity index (χ4v) is 1.70. The lowest BCUT2D eigenvalue weighted by Gasteiger charge is -2.10. The van der Waals surface area contributed by atoms with Gasteiger partial charge in [0, 0.05) is 17.0 Å². The van der Waals surface area contributed by atoms with Gasteiger partial charge in [-0.2, -0.15) is 0 Å². The SMILES string of the molecule is C=C/C=C\C(=C)/C(C)=N/C(NC(=O)c1ccc(CO)cc1)=C(\C)N. The van der Waals surface area contributed by atoms with Gasteiger partial charge in [-0.3, -0.25) is 4.79 Å². The summed E-state index contributed by atoms with van der Waals surface area (Å²) in [4.78, 5) is 16.6. The van der Waals surface area contributed by atoms with Crippen molar-refractivity contribution in [2.24, 2.45) is 10.7 Å². The molecule has 1 amide bonds. The Morgan fingerprint density at radius 2 is 1.96 bits per heavy atom. The molecule has 24 heavy (non-hydrogen) atoms. The first kappa shape index (κ1) is 19.1. The minimum absolute atomic E-state index is 0.0706. The lowest BCUT2D eigenvalue weighted by Crippen LogP contribution is -2.25. The summed E-state index contributed by atoms with van der Waals surface area (Å²) >= 11 is 0. The standard InChI is InChI=1S/C19H23N3O2/c1-5-6-7-13(2)15(4)21-18(14(3)20)22-19(24)17-10-8-16(12-23)9-11-17/h5-11,23H,1-2,12,20H2,3-4H3,(H,22,24)/b7-6-,18-14-,21-15+. The van der Waals surface area contributed by atoms with Crippen LogP contribution in [0.2, 0.25) is 0 Å². The Labute approximate surface area is 142 Å². The van der Waals surface area contributed by atoms with Gasteiger partial charge in [0.25, 0.3) is 5.91 Å². The van der Waals surface area contributed by atoms with Crippen LogP contribution in [-0.4, -0.2) is 16.7 Å². The van der Waals surface area contributed by atoms with Crippen LogP contribution >= 0.6 is 0 Å². The highest BCUT2D eigenvalue weighted by Gasteiger charge is 2.09. The number of allylic oxidation sites excluding steroid dienone is 5. The molecular weight excluding hydrogens is 302 g/mol. The molecular formula is C19H23N3O2. The summed E-state index contributed by atoms with van der Waals surface area (Å²) in [6.45, 7) is 10.9. The molecule has 0 aromatic heterocycles. The smallest absolute Gasteiger partial charge is 0.256 e. The predicted octanol–water partition coefficient (Wildman–Crippen LogP) is 2.82. The van der Waals surface area contributed by atoms with Crippen molar-refractivity contribution in [3.05, 3.63) is 83.9 Å². The van der Waals surface area contributed by atoms with E-state index in [1.165, 1.54) is 0 Å². The maximum Gasteiger partial charge on any atom is 0.256 e. The average molecular weight is 325 g/mol. The van der Waals surface area contributed by atoms with Crippen molar-refractivity contribution in [2.45, 2.75) is 20.5 Å². The highest BCUT2D eigenvalue weighted by Crippen LogP contribution is 2.08. The zero-order valence-electron chi connectivity index (χ0n) is 14.0. The second-order valence-electron chi connectivity index (χ2n) is 5.16. The molecule has 1 aromatic rings. The number of nitrogens with two attached hydrogens (primary N) is 1. The molecule has 0 atom stereocenters. The van der Waals surface area contributed by atoms with Crippen LogP contribution in [-0.2, 0) is 6.61 Å². The topological polar surface area (TPSA) is 87.7 Å². The fraction of sp³-hybridized carbons (Fsp3) is 0.158. The van der Waals surface area contributed by atoms with Crippen molar-refractivity contribution < 1.29 is 9.90 Å². The van der Waals surface area contributed by atoms with E-state index < -0.39 is 0 Å². The number of hydrogen-bond donors (Lipinski definition) is 3. The highest BCUT2D eigenvalue weighted by molar-refractivity contribution is 6.01. The van der Waals surface area contributed by atoms with E-state index in [4.69, 9.17) is 10.8 Å². The molecule has 5 nitrogen and oxygen atoms in total. The van der Waals surface area contributed by atoms with Gasteiger partial charge >= 0.3 is 0 Å². The van der Waals surface area contributed by atoms with Crippen LogP contribution in [0.1, 0.15) is 29.8 Å². The lowest BCUT2D eigenvalue weighted by molar-refractivity contribution is 0.0965. The third-order valence-electron chi connectivity index (χ3n) is 3.18. The van der Waals surface area contributed by atoms with Gasteiger partial charge < -0.3 is 16.2 Å². The third-order valence-corrected chi connectivity index (χ3v) is 3.18. The molecule has 0 fully saturated rings. The van der Waals surface area contributed by atoms with Crippen LogP contribution in [0.3, 0.4) is 0 Å². The van der Waals surface area contributed by atoms with E-state index in [1.54, 1.807) is 56.3 Å². The summed E-state index contributed by atoms with van der Waals surface area (Å²) in [7, 11) is 0. The monoisotopic (exact) mass is 325 g/mol. The number of rotatable bonds is 7. The molecule has 0 saturated heterocycles. The average Bonchev–Trinajstić information content (AvgIpc) is 2.58. The van der Waals surface area contributed by atoms with Crippen LogP contribution in [0.4, 0.5) is 0 Å². The Kier molecular flexibility index (Phi) is 7.39. The molecule has 1 rings (SSSR count). The van der Waals surface area contributed by atoms with Gasteiger partial charge in [0.05, 0.1) is 6.61 Å². The van der Waals surface area contributed by atoms with Crippen molar-refractivity contribution in [1.82, 2.24) is 5.32 Å². The summed E-state index contributed by atoms with van der Waals surface area (Å²) in [5, 5.41) is 11.7. The Bertz CT molecular complexity index is 707. The van der Waals surface area contributed by atoms with Gasteiger partial charge in [-0.1, -0.05) is 43.5 Å². The zero-order valence-corrected chi connectivity index (χ0v) is 14.0. The summed E-state index contributed by atoms with van der Waals surface area (Å²) < 4.78 is 0. The Hall–Kier alpha value is -2.92. The molecule has 0 spiro atoms. The molecule has 1 aromatic carbocycles. The van der Waals surface area contributed by atoms with Crippen LogP contribution in [0.25, 0.3) is 0 Å². The first-order valence-corrected chi connectivity index (χ1v) is 7.40. The Morgan fingerprint density at radius 1 is 1.33 bits per heavy atom. The summed E-state index contributed by atoms with van der Waals surface area (Å²) in [5.74, 6) is -0.0556. The van der Waals surface area contributed by atoms with Gasteiger partial charge in [-0.25, -0.2) is 4.99 Å². The van der Waals surface area contributed by atoms with Crippen LogP contribution < -0.4 is 11.1 Å². The summed E-state index contributed by atoms with van der Waals surface area (Å²) in [5.41, 5.74) is 8.70. The van der Waals surface area contributed by atoms with Crippen LogP contribution in [0, 0.1) is 0 Å². The number of nitrogens with one attached hydrogen (secondary N) is 1. The van der Waals surface area contributed by atoms with Crippen molar-refractivity contribution in [2.75, 3.05) is 0 Å². The van der Waals surface area contributed by atoms with Gasteiger partial charge in [0.15, 0.2) is 5.82 Å². The summed E-state index contributed by atoms with van der Waals surface area (Å²) in [6, 6.07) is 6.63. The largest absolute Gasteiger partial charge is 0.399 e. The fourth-order valence-electron chi connectivity index (χ4n) is 1.70. The Balaban J connectivity index is 2.95. The van der Waals surface area contributed by atoms with E-state index in [0.29, 0.717) is 22.5 Å². The number of aliphatic hydroxyl groups is 1. The van der Waals surface area contributed by atoms with Gasteiger partial charge in [0.2, 0.25) is 0 Å². The lowest BCUT2D eigenvalue weighted by atomic mass is 10.1. The number of carbonyl (C=O) groups excluding carboxylic acids is 1. The molecule has 0 unspecified atom stereocenters. The number of hydrogen-bond acceptors (Lipinski definition) is 4. The van der Waals surface area contributed by atoms with Crippen molar-refractivity contribution in [1.29, 1.82) is 0 Å². The Morgan fingerprint density at radius 3 is 2.46 bits per heavy atom. The van der Waals surface area contributed by atoms with E-state index in [1.807, 2.05) is 0 Å². The zero-order chi connectivity index (χ0) is 18.1. The second-order valence-corrected chi connectivity index (χ2v) is 5.16. The maximum absolute atomic E-state index is 12.3. The van der Waals surface area contributed by atoms with Crippen LogP contribution in [0.5, 0.6) is 0 Å². The first-order chi connectivity index (χ1) is 11.4. The van der Waals surface area contributed by atoms with Gasteiger partial charge in [-0.15, -0.1) is 0 Å². The van der Waals surface area contributed by atoms with E-state index >= 15 is 0 Å². The van der Waals surface area contributed by atoms with Crippen LogP contribution in [0.15, 0.2) is 77.7 Å². The molecule has 0 aliphatic heterocycles. The number of amides is 1. The highest BCUT2D eigenvalue weighted by atomic mass is 16.3. The number of nitrogens with zero attached hydrogens (tertiary/aromatic N) is 1. The molecule has 126 valence electrons. The molecule has 0 heterocycles. The number of carbonyl (C=O) groups is 1. The quantitative estimate of drug-likeness (QED) is 0.532. The minimum atomic E-state index is -0.330. The van der Waals surface area contributed by atoms with Gasteiger partial charge in [0.1, 0.15) is 0 Å². The number of benzene rings is 1. The molecule has 0 radical (unpaired) electrons. The molecule has 5 heteroatoms. The van der Waals surface area contributed by atoms with Gasteiger partial charge in [-0.05, 0) is 37.1 Å². The van der Waals surface area contributed by atoms with E-state index in [9.17, 15) is 4.79 Å². The maximum atomic E-state index is 12.3. The van der Waals surface area contributed by atoms with E-state index in [0.717, 1.165) is 5.56 Å².